The van der Waals surface area contributed by atoms with Crippen molar-refractivity contribution in [3.8, 4) is 11.5 Å². The lowest BCUT2D eigenvalue weighted by atomic mass is 10.0. The van der Waals surface area contributed by atoms with E-state index in [4.69, 9.17) is 5.11 Å². The maximum absolute atomic E-state index is 9.68. The van der Waals surface area contributed by atoms with E-state index < -0.39 is 0 Å². The van der Waals surface area contributed by atoms with Crippen LogP contribution in [-0.4, -0.2) is 28.5 Å². The zero-order valence-corrected chi connectivity index (χ0v) is 10.3. The average Bonchev–Trinajstić information content (AvgIpc) is 2.29. The van der Waals surface area contributed by atoms with E-state index in [2.05, 4.69) is 12.2 Å². The number of aliphatic hydroxyl groups excluding tert-OH is 1. The Morgan fingerprint density at radius 1 is 1.24 bits per heavy atom. The van der Waals surface area contributed by atoms with Gasteiger partial charge in [0.25, 0.3) is 0 Å². The SMILES string of the molecule is CC(CCO)CNC(C)c1cc(O)ccc1O. The Morgan fingerprint density at radius 2 is 1.94 bits per heavy atom. The molecule has 0 saturated heterocycles. The molecule has 4 N–H and O–H groups in total. The molecule has 0 fully saturated rings. The highest BCUT2D eigenvalue weighted by Crippen LogP contribution is 2.27. The number of nitrogens with one attached hydrogen (secondary N) is 1. The number of aliphatic hydroxyl groups is 1. The van der Waals surface area contributed by atoms with Crippen molar-refractivity contribution in [2.24, 2.45) is 5.92 Å². The first-order chi connectivity index (χ1) is 8.04. The average molecular weight is 239 g/mol. The highest BCUT2D eigenvalue weighted by atomic mass is 16.3. The Morgan fingerprint density at radius 3 is 2.59 bits per heavy atom. The van der Waals surface area contributed by atoms with Crippen molar-refractivity contribution < 1.29 is 15.3 Å². The molecule has 0 heterocycles. The van der Waals surface area contributed by atoms with Crippen LogP contribution in [-0.2, 0) is 0 Å². The van der Waals surface area contributed by atoms with Gasteiger partial charge in [-0.3, -0.25) is 0 Å². The van der Waals surface area contributed by atoms with Gasteiger partial charge < -0.3 is 20.6 Å². The van der Waals surface area contributed by atoms with Crippen LogP contribution in [0.4, 0.5) is 0 Å². The molecule has 0 amide bonds. The van der Waals surface area contributed by atoms with Crippen LogP contribution in [0.25, 0.3) is 0 Å². The third kappa shape index (κ3) is 4.24. The van der Waals surface area contributed by atoms with Crippen LogP contribution in [0.2, 0.25) is 0 Å². The topological polar surface area (TPSA) is 72.7 Å². The van der Waals surface area contributed by atoms with Crippen molar-refractivity contribution in [2.45, 2.75) is 26.3 Å². The smallest absolute Gasteiger partial charge is 0.120 e. The fourth-order valence-corrected chi connectivity index (χ4v) is 1.70. The predicted octanol–water partition coefficient (Wildman–Crippen LogP) is 1.77. The molecule has 4 heteroatoms. The van der Waals surface area contributed by atoms with Crippen molar-refractivity contribution in [3.63, 3.8) is 0 Å². The third-order valence-electron chi connectivity index (χ3n) is 2.87. The molecule has 0 aliphatic heterocycles. The predicted molar refractivity (Wildman–Crippen MR) is 67.1 cm³/mol. The summed E-state index contributed by atoms with van der Waals surface area (Å²) in [4.78, 5) is 0. The number of hydrogen-bond donors (Lipinski definition) is 4. The Kier molecular flexibility index (Phi) is 5.25. The molecule has 4 nitrogen and oxygen atoms in total. The van der Waals surface area contributed by atoms with Crippen LogP contribution in [0.15, 0.2) is 18.2 Å². The largest absolute Gasteiger partial charge is 0.508 e. The first kappa shape index (κ1) is 13.8. The number of rotatable bonds is 6. The van der Waals surface area contributed by atoms with E-state index in [0.29, 0.717) is 11.5 Å². The number of phenolic OH excluding ortho intramolecular Hbond substituents is 2. The van der Waals surface area contributed by atoms with Crippen molar-refractivity contribution >= 4 is 0 Å². The lowest BCUT2D eigenvalue weighted by Crippen LogP contribution is -2.25. The van der Waals surface area contributed by atoms with Gasteiger partial charge in [-0.25, -0.2) is 0 Å². The Bertz CT molecular complexity index is 355. The molecule has 0 aromatic heterocycles. The lowest BCUT2D eigenvalue weighted by Gasteiger charge is -2.18. The van der Waals surface area contributed by atoms with Gasteiger partial charge in [-0.05, 0) is 44.0 Å². The van der Waals surface area contributed by atoms with Gasteiger partial charge in [0, 0.05) is 18.2 Å². The molecule has 0 aliphatic carbocycles. The molecule has 0 saturated carbocycles. The molecule has 1 aromatic carbocycles. The molecule has 0 spiro atoms. The third-order valence-corrected chi connectivity index (χ3v) is 2.87. The summed E-state index contributed by atoms with van der Waals surface area (Å²) in [5.74, 6) is 0.703. The van der Waals surface area contributed by atoms with E-state index in [1.807, 2.05) is 6.92 Å². The fourth-order valence-electron chi connectivity index (χ4n) is 1.70. The maximum Gasteiger partial charge on any atom is 0.120 e. The van der Waals surface area contributed by atoms with E-state index in [1.54, 1.807) is 6.07 Å². The molecule has 17 heavy (non-hydrogen) atoms. The van der Waals surface area contributed by atoms with Gasteiger partial charge in [-0.15, -0.1) is 0 Å². The molecule has 2 atom stereocenters. The first-order valence-corrected chi connectivity index (χ1v) is 5.90. The number of phenols is 2. The molecular weight excluding hydrogens is 218 g/mol. The highest BCUT2D eigenvalue weighted by Gasteiger charge is 2.12. The zero-order valence-electron chi connectivity index (χ0n) is 10.3. The minimum absolute atomic E-state index is 0.0387. The monoisotopic (exact) mass is 239 g/mol. The van der Waals surface area contributed by atoms with Gasteiger partial charge in [0.2, 0.25) is 0 Å². The molecule has 2 unspecified atom stereocenters. The summed E-state index contributed by atoms with van der Waals surface area (Å²) in [5, 5.41) is 31.1. The Labute approximate surface area is 102 Å². The van der Waals surface area contributed by atoms with Gasteiger partial charge in [0.05, 0.1) is 0 Å². The van der Waals surface area contributed by atoms with Gasteiger partial charge in [-0.1, -0.05) is 6.92 Å². The van der Waals surface area contributed by atoms with Crippen molar-refractivity contribution in [1.29, 1.82) is 0 Å². The molecule has 0 aliphatic rings. The zero-order chi connectivity index (χ0) is 12.8. The van der Waals surface area contributed by atoms with Crippen molar-refractivity contribution in [3.05, 3.63) is 23.8 Å². The second-order valence-electron chi connectivity index (χ2n) is 4.49. The van der Waals surface area contributed by atoms with Crippen LogP contribution >= 0.6 is 0 Å². The second kappa shape index (κ2) is 6.47. The van der Waals surface area contributed by atoms with E-state index in [0.717, 1.165) is 13.0 Å². The van der Waals surface area contributed by atoms with Crippen LogP contribution < -0.4 is 5.32 Å². The highest BCUT2D eigenvalue weighted by molar-refractivity contribution is 5.40. The van der Waals surface area contributed by atoms with Crippen molar-refractivity contribution in [1.82, 2.24) is 5.32 Å². The van der Waals surface area contributed by atoms with E-state index in [1.165, 1.54) is 12.1 Å². The number of hydrogen-bond acceptors (Lipinski definition) is 4. The summed E-state index contributed by atoms with van der Waals surface area (Å²) in [7, 11) is 0. The number of aromatic hydroxyl groups is 2. The van der Waals surface area contributed by atoms with Gasteiger partial charge in [0.15, 0.2) is 0 Å². The Hall–Kier alpha value is -1.26. The molecule has 1 aromatic rings. The molecular formula is C13H21NO3. The fraction of sp³-hybridized carbons (Fsp3) is 0.538. The first-order valence-electron chi connectivity index (χ1n) is 5.90. The molecule has 0 radical (unpaired) electrons. The second-order valence-corrected chi connectivity index (χ2v) is 4.49. The lowest BCUT2D eigenvalue weighted by molar-refractivity contribution is 0.258. The van der Waals surface area contributed by atoms with E-state index in [9.17, 15) is 10.2 Å². The molecule has 0 bridgehead atoms. The summed E-state index contributed by atoms with van der Waals surface area (Å²) in [5.41, 5.74) is 0.682. The summed E-state index contributed by atoms with van der Waals surface area (Å²) in [6.07, 6.45) is 0.756. The summed E-state index contributed by atoms with van der Waals surface area (Å²) >= 11 is 0. The van der Waals surface area contributed by atoms with Gasteiger partial charge >= 0.3 is 0 Å². The minimum atomic E-state index is -0.0387. The van der Waals surface area contributed by atoms with Gasteiger partial charge in [-0.2, -0.15) is 0 Å². The minimum Gasteiger partial charge on any atom is -0.508 e. The standard InChI is InChI=1S/C13H21NO3/c1-9(5-6-15)8-14-10(2)12-7-11(16)3-4-13(12)17/h3-4,7,9-10,14-17H,5-6,8H2,1-2H3. The molecule has 1 rings (SSSR count). The van der Waals surface area contributed by atoms with Crippen LogP contribution in [0, 0.1) is 5.92 Å². The normalized spacial score (nSPS) is 14.5. The van der Waals surface area contributed by atoms with Crippen LogP contribution in [0.3, 0.4) is 0 Å². The summed E-state index contributed by atoms with van der Waals surface area (Å²) in [6, 6.07) is 4.46. The molecule has 96 valence electrons. The van der Waals surface area contributed by atoms with Crippen molar-refractivity contribution in [2.75, 3.05) is 13.2 Å². The van der Waals surface area contributed by atoms with Gasteiger partial charge in [0.1, 0.15) is 11.5 Å². The summed E-state index contributed by atoms with van der Waals surface area (Å²) < 4.78 is 0. The Balaban J connectivity index is 2.57. The maximum atomic E-state index is 9.68. The van der Waals surface area contributed by atoms with E-state index in [-0.39, 0.29) is 24.1 Å². The summed E-state index contributed by atoms with van der Waals surface area (Å²) in [6.45, 7) is 4.93. The van der Waals surface area contributed by atoms with Crippen LogP contribution in [0.5, 0.6) is 11.5 Å². The van der Waals surface area contributed by atoms with E-state index >= 15 is 0 Å². The number of benzene rings is 1. The van der Waals surface area contributed by atoms with Crippen LogP contribution in [0.1, 0.15) is 31.9 Å². The quantitative estimate of drug-likeness (QED) is 0.571.